The third kappa shape index (κ3) is 7.06. The molecule has 0 aliphatic rings. The summed E-state index contributed by atoms with van der Waals surface area (Å²) < 4.78 is 13.0. The van der Waals surface area contributed by atoms with E-state index in [1.54, 1.807) is 12.1 Å². The first-order chi connectivity index (χ1) is 10.7. The molecule has 3 heteroatoms. The molecule has 0 fully saturated rings. The number of carbonyl (C=O) groups excluding carboxylic acids is 1. The molecule has 0 bridgehead atoms. The molecule has 0 aliphatic heterocycles. The van der Waals surface area contributed by atoms with Crippen molar-refractivity contribution in [3.05, 3.63) is 35.6 Å². The summed E-state index contributed by atoms with van der Waals surface area (Å²) in [5, 5.41) is 0. The van der Waals surface area contributed by atoms with Crippen LogP contribution in [0.15, 0.2) is 24.3 Å². The summed E-state index contributed by atoms with van der Waals surface area (Å²) in [5.41, 5.74) is 0.590. The zero-order valence-corrected chi connectivity index (χ0v) is 14.1. The topological polar surface area (TPSA) is 20.3 Å². The standard InChI is InChI=1S/C19H30FNO/c1-3-5-7-9-15-21(16-10-8-6-4-2)19(22)17-11-13-18(20)14-12-17/h11-14H,3-10,15-16H2,1-2H3. The normalized spacial score (nSPS) is 10.7. The molecule has 1 aromatic carbocycles. The Kier molecular flexibility index (Phi) is 9.52. The Balaban J connectivity index is 2.57. The van der Waals surface area contributed by atoms with Gasteiger partial charge >= 0.3 is 0 Å². The van der Waals surface area contributed by atoms with E-state index in [2.05, 4.69) is 13.8 Å². The van der Waals surface area contributed by atoms with E-state index in [1.165, 1.54) is 50.7 Å². The van der Waals surface area contributed by atoms with Crippen molar-refractivity contribution in [1.82, 2.24) is 4.90 Å². The molecule has 0 aromatic heterocycles. The van der Waals surface area contributed by atoms with E-state index in [9.17, 15) is 9.18 Å². The van der Waals surface area contributed by atoms with Gasteiger partial charge in [-0.3, -0.25) is 4.79 Å². The van der Waals surface area contributed by atoms with Crippen molar-refractivity contribution < 1.29 is 9.18 Å². The van der Waals surface area contributed by atoms with E-state index in [4.69, 9.17) is 0 Å². The van der Waals surface area contributed by atoms with Crippen LogP contribution in [-0.4, -0.2) is 23.9 Å². The van der Waals surface area contributed by atoms with Crippen LogP contribution in [0.4, 0.5) is 4.39 Å². The molecule has 0 radical (unpaired) electrons. The molecular formula is C19H30FNO. The summed E-state index contributed by atoms with van der Waals surface area (Å²) >= 11 is 0. The first kappa shape index (κ1) is 18.7. The van der Waals surface area contributed by atoms with Crippen LogP contribution in [0.1, 0.15) is 75.6 Å². The Hall–Kier alpha value is -1.38. The van der Waals surface area contributed by atoms with Gasteiger partial charge in [0.05, 0.1) is 0 Å². The molecule has 22 heavy (non-hydrogen) atoms. The summed E-state index contributed by atoms with van der Waals surface area (Å²) in [6, 6.07) is 5.89. The Bertz CT molecular complexity index is 404. The highest BCUT2D eigenvalue weighted by Gasteiger charge is 2.15. The number of nitrogens with zero attached hydrogens (tertiary/aromatic N) is 1. The van der Waals surface area contributed by atoms with Gasteiger partial charge in [-0.2, -0.15) is 0 Å². The minimum Gasteiger partial charge on any atom is -0.339 e. The molecule has 2 nitrogen and oxygen atoms in total. The number of amides is 1. The van der Waals surface area contributed by atoms with Gasteiger partial charge in [-0.1, -0.05) is 52.4 Å². The molecule has 1 amide bonds. The number of unbranched alkanes of at least 4 members (excludes halogenated alkanes) is 6. The molecule has 0 saturated heterocycles. The SMILES string of the molecule is CCCCCCN(CCCCCC)C(=O)c1ccc(F)cc1. The quantitative estimate of drug-likeness (QED) is 0.499. The van der Waals surface area contributed by atoms with Crippen molar-refractivity contribution in [2.24, 2.45) is 0 Å². The number of hydrogen-bond donors (Lipinski definition) is 0. The average molecular weight is 307 g/mol. The third-order valence-corrected chi connectivity index (χ3v) is 3.94. The van der Waals surface area contributed by atoms with Crippen molar-refractivity contribution in [2.75, 3.05) is 13.1 Å². The van der Waals surface area contributed by atoms with Gasteiger partial charge < -0.3 is 4.90 Å². The molecule has 0 aliphatic carbocycles. The van der Waals surface area contributed by atoms with Crippen LogP contribution in [0.25, 0.3) is 0 Å². The maximum Gasteiger partial charge on any atom is 0.253 e. The van der Waals surface area contributed by atoms with Gasteiger partial charge in [0, 0.05) is 18.7 Å². The van der Waals surface area contributed by atoms with Gasteiger partial charge in [0.1, 0.15) is 5.82 Å². The van der Waals surface area contributed by atoms with E-state index in [1.807, 2.05) is 4.90 Å². The smallest absolute Gasteiger partial charge is 0.253 e. The third-order valence-electron chi connectivity index (χ3n) is 3.94. The fourth-order valence-corrected chi connectivity index (χ4v) is 2.55. The minimum absolute atomic E-state index is 0.0352. The number of hydrogen-bond acceptors (Lipinski definition) is 1. The van der Waals surface area contributed by atoms with Crippen LogP contribution in [0.3, 0.4) is 0 Å². The van der Waals surface area contributed by atoms with E-state index >= 15 is 0 Å². The first-order valence-corrected chi connectivity index (χ1v) is 8.73. The van der Waals surface area contributed by atoms with Gasteiger partial charge in [0.15, 0.2) is 0 Å². The van der Waals surface area contributed by atoms with Gasteiger partial charge in [-0.05, 0) is 37.1 Å². The maximum atomic E-state index is 13.0. The van der Waals surface area contributed by atoms with Crippen LogP contribution in [0.5, 0.6) is 0 Å². The highest BCUT2D eigenvalue weighted by molar-refractivity contribution is 5.94. The Morgan fingerprint density at radius 2 is 1.36 bits per heavy atom. The van der Waals surface area contributed by atoms with Crippen LogP contribution >= 0.6 is 0 Å². The Labute approximate surface area is 134 Å². The predicted octanol–water partition coefficient (Wildman–Crippen LogP) is 5.43. The largest absolute Gasteiger partial charge is 0.339 e. The second-order valence-corrected chi connectivity index (χ2v) is 5.92. The zero-order chi connectivity index (χ0) is 16.2. The van der Waals surface area contributed by atoms with Gasteiger partial charge in [-0.15, -0.1) is 0 Å². The summed E-state index contributed by atoms with van der Waals surface area (Å²) in [7, 11) is 0. The second kappa shape index (κ2) is 11.2. The lowest BCUT2D eigenvalue weighted by molar-refractivity contribution is 0.0749. The Morgan fingerprint density at radius 1 is 0.864 bits per heavy atom. The number of benzene rings is 1. The predicted molar refractivity (Wildman–Crippen MR) is 90.6 cm³/mol. The van der Waals surface area contributed by atoms with Crippen LogP contribution in [0.2, 0.25) is 0 Å². The Morgan fingerprint density at radius 3 is 1.82 bits per heavy atom. The van der Waals surface area contributed by atoms with Crippen LogP contribution in [-0.2, 0) is 0 Å². The van der Waals surface area contributed by atoms with Crippen LogP contribution in [0, 0.1) is 5.82 Å². The molecule has 0 unspecified atom stereocenters. The lowest BCUT2D eigenvalue weighted by atomic mass is 10.1. The maximum absolute atomic E-state index is 13.0. The fraction of sp³-hybridized carbons (Fsp3) is 0.632. The molecule has 1 aromatic rings. The molecular weight excluding hydrogens is 277 g/mol. The van der Waals surface area contributed by atoms with Crippen molar-refractivity contribution in [2.45, 2.75) is 65.2 Å². The molecule has 0 spiro atoms. The molecule has 124 valence electrons. The molecule has 1 rings (SSSR count). The average Bonchev–Trinajstić information content (AvgIpc) is 2.53. The van der Waals surface area contributed by atoms with Crippen molar-refractivity contribution in [3.8, 4) is 0 Å². The van der Waals surface area contributed by atoms with E-state index in [0.29, 0.717) is 5.56 Å². The monoisotopic (exact) mass is 307 g/mol. The van der Waals surface area contributed by atoms with Gasteiger partial charge in [0.2, 0.25) is 0 Å². The summed E-state index contributed by atoms with van der Waals surface area (Å²) in [4.78, 5) is 14.5. The highest BCUT2D eigenvalue weighted by atomic mass is 19.1. The second-order valence-electron chi connectivity index (χ2n) is 5.92. The van der Waals surface area contributed by atoms with Gasteiger partial charge in [-0.25, -0.2) is 4.39 Å². The number of rotatable bonds is 11. The molecule has 0 saturated carbocycles. The zero-order valence-electron chi connectivity index (χ0n) is 14.1. The van der Waals surface area contributed by atoms with Crippen molar-refractivity contribution in [3.63, 3.8) is 0 Å². The van der Waals surface area contributed by atoms with Crippen molar-refractivity contribution in [1.29, 1.82) is 0 Å². The number of carbonyl (C=O) groups is 1. The first-order valence-electron chi connectivity index (χ1n) is 8.73. The fourth-order valence-electron chi connectivity index (χ4n) is 2.55. The van der Waals surface area contributed by atoms with E-state index < -0.39 is 0 Å². The summed E-state index contributed by atoms with van der Waals surface area (Å²) in [5.74, 6) is -0.262. The van der Waals surface area contributed by atoms with Crippen molar-refractivity contribution >= 4 is 5.91 Å². The lowest BCUT2D eigenvalue weighted by Crippen LogP contribution is -2.33. The number of halogens is 1. The lowest BCUT2D eigenvalue weighted by Gasteiger charge is -2.23. The molecule has 0 heterocycles. The summed E-state index contributed by atoms with van der Waals surface area (Å²) in [6.45, 7) is 5.99. The highest BCUT2D eigenvalue weighted by Crippen LogP contribution is 2.11. The minimum atomic E-state index is -0.297. The molecule has 0 N–H and O–H groups in total. The van der Waals surface area contributed by atoms with E-state index in [0.717, 1.165) is 25.9 Å². The molecule has 0 atom stereocenters. The van der Waals surface area contributed by atoms with Crippen LogP contribution < -0.4 is 0 Å². The van der Waals surface area contributed by atoms with Gasteiger partial charge in [0.25, 0.3) is 5.91 Å². The summed E-state index contributed by atoms with van der Waals surface area (Å²) in [6.07, 6.45) is 9.26. The van der Waals surface area contributed by atoms with E-state index in [-0.39, 0.29) is 11.7 Å².